The average molecular weight is 379 g/mol. The summed E-state index contributed by atoms with van der Waals surface area (Å²) in [5.41, 5.74) is 1.35. The Labute approximate surface area is 134 Å². The predicted molar refractivity (Wildman–Crippen MR) is 83.4 cm³/mol. The fourth-order valence-corrected chi connectivity index (χ4v) is 2.88. The molecule has 0 saturated heterocycles. The van der Waals surface area contributed by atoms with Gasteiger partial charge in [0.25, 0.3) is 0 Å². The van der Waals surface area contributed by atoms with Crippen LogP contribution in [0.15, 0.2) is 22.9 Å². The van der Waals surface area contributed by atoms with E-state index in [1.54, 1.807) is 0 Å². The fourth-order valence-electron chi connectivity index (χ4n) is 1.75. The second-order valence-electron chi connectivity index (χ2n) is 4.11. The van der Waals surface area contributed by atoms with Crippen LogP contribution in [0, 0.1) is 5.82 Å². The van der Waals surface area contributed by atoms with E-state index in [4.69, 9.17) is 23.2 Å². The Morgan fingerprint density at radius 2 is 2.05 bits per heavy atom. The highest BCUT2D eigenvalue weighted by Gasteiger charge is 2.13. The van der Waals surface area contributed by atoms with Gasteiger partial charge in [-0.1, -0.05) is 36.5 Å². The summed E-state index contributed by atoms with van der Waals surface area (Å²) in [7, 11) is 0. The third-order valence-corrected chi connectivity index (χ3v) is 3.89. The summed E-state index contributed by atoms with van der Waals surface area (Å²) in [6, 6.07) is 2.56. The van der Waals surface area contributed by atoms with Gasteiger partial charge in [-0.05, 0) is 34.5 Å². The highest BCUT2D eigenvalue weighted by Crippen LogP contribution is 2.35. The molecule has 0 radical (unpaired) electrons. The van der Waals surface area contributed by atoms with E-state index in [1.807, 2.05) is 6.92 Å². The molecule has 0 fully saturated rings. The van der Waals surface area contributed by atoms with Gasteiger partial charge in [-0.25, -0.2) is 14.4 Å². The lowest BCUT2D eigenvalue weighted by atomic mass is 10.2. The number of anilines is 2. The topological polar surface area (TPSA) is 37.8 Å². The smallest absolute Gasteiger partial charge is 0.138 e. The number of halogens is 4. The van der Waals surface area contributed by atoms with Crippen molar-refractivity contribution in [3.05, 3.63) is 44.5 Å². The van der Waals surface area contributed by atoms with Crippen molar-refractivity contribution < 1.29 is 4.39 Å². The van der Waals surface area contributed by atoms with Crippen molar-refractivity contribution >= 4 is 50.6 Å². The van der Waals surface area contributed by atoms with Crippen molar-refractivity contribution in [2.75, 3.05) is 5.32 Å². The predicted octanol–water partition coefficient (Wildman–Crippen LogP) is 5.38. The van der Waals surface area contributed by atoms with Crippen molar-refractivity contribution in [2.45, 2.75) is 19.8 Å². The Morgan fingerprint density at radius 3 is 2.70 bits per heavy atom. The molecule has 0 atom stereocenters. The Morgan fingerprint density at radius 1 is 1.30 bits per heavy atom. The van der Waals surface area contributed by atoms with E-state index in [-0.39, 0.29) is 5.02 Å². The molecule has 1 heterocycles. The molecule has 7 heteroatoms. The monoisotopic (exact) mass is 377 g/mol. The molecular formula is C13H11BrCl2FN3. The minimum atomic E-state index is -0.415. The molecule has 2 rings (SSSR count). The van der Waals surface area contributed by atoms with Crippen LogP contribution < -0.4 is 5.32 Å². The lowest BCUT2D eigenvalue weighted by Gasteiger charge is -2.13. The van der Waals surface area contributed by atoms with Gasteiger partial charge in [-0.15, -0.1) is 0 Å². The van der Waals surface area contributed by atoms with E-state index in [0.29, 0.717) is 21.1 Å². The summed E-state index contributed by atoms with van der Waals surface area (Å²) in [4.78, 5) is 8.15. The molecule has 20 heavy (non-hydrogen) atoms. The van der Waals surface area contributed by atoms with Crippen molar-refractivity contribution in [3.8, 4) is 0 Å². The first-order valence-electron chi connectivity index (χ1n) is 5.93. The van der Waals surface area contributed by atoms with E-state index < -0.39 is 5.82 Å². The lowest BCUT2D eigenvalue weighted by Crippen LogP contribution is -2.02. The van der Waals surface area contributed by atoms with Crippen LogP contribution in [-0.2, 0) is 6.42 Å². The normalized spacial score (nSPS) is 10.7. The van der Waals surface area contributed by atoms with Gasteiger partial charge in [0.15, 0.2) is 0 Å². The van der Waals surface area contributed by atoms with Crippen LogP contribution in [-0.4, -0.2) is 9.97 Å². The summed E-state index contributed by atoms with van der Waals surface area (Å²) in [6.45, 7) is 2.04. The van der Waals surface area contributed by atoms with Crippen molar-refractivity contribution in [3.63, 3.8) is 0 Å². The van der Waals surface area contributed by atoms with Crippen molar-refractivity contribution in [2.24, 2.45) is 0 Å². The quantitative estimate of drug-likeness (QED) is 0.725. The maximum Gasteiger partial charge on any atom is 0.138 e. The molecule has 0 aliphatic rings. The highest BCUT2D eigenvalue weighted by molar-refractivity contribution is 9.10. The molecule has 3 nitrogen and oxygen atoms in total. The van der Waals surface area contributed by atoms with E-state index in [9.17, 15) is 4.39 Å². The summed E-state index contributed by atoms with van der Waals surface area (Å²) in [5, 5.41) is 3.74. The minimum absolute atomic E-state index is 0.258. The summed E-state index contributed by atoms with van der Waals surface area (Å²) < 4.78 is 13.7. The van der Waals surface area contributed by atoms with Crippen LogP contribution in [0.3, 0.4) is 0 Å². The minimum Gasteiger partial charge on any atom is -0.338 e. The van der Waals surface area contributed by atoms with E-state index in [2.05, 4.69) is 31.2 Å². The number of aromatic nitrogens is 2. The molecule has 0 saturated carbocycles. The van der Waals surface area contributed by atoms with Crippen LogP contribution in [0.4, 0.5) is 15.9 Å². The van der Waals surface area contributed by atoms with Crippen LogP contribution in [0.1, 0.15) is 18.9 Å². The Bertz CT molecular complexity index is 614. The third kappa shape index (κ3) is 3.40. The van der Waals surface area contributed by atoms with Crippen LogP contribution in [0.2, 0.25) is 10.2 Å². The molecule has 0 spiro atoms. The standard InChI is InChI=1S/C13H11BrCl2FN3/c1-2-3-8-12(16)18-6-19-13(8)20-11-9(14)4-7(17)5-10(11)15/h4-6H,2-3H2,1H3,(H,18,19,20). The first-order valence-corrected chi connectivity index (χ1v) is 7.48. The van der Waals surface area contributed by atoms with Gasteiger partial charge in [0.2, 0.25) is 0 Å². The maximum atomic E-state index is 13.2. The Balaban J connectivity index is 2.43. The maximum absolute atomic E-state index is 13.2. The SMILES string of the molecule is CCCc1c(Cl)ncnc1Nc1c(Cl)cc(F)cc1Br. The molecule has 2 aromatic rings. The summed E-state index contributed by atoms with van der Waals surface area (Å²) in [6.07, 6.45) is 3.01. The van der Waals surface area contributed by atoms with Gasteiger partial charge in [0.05, 0.1) is 10.7 Å². The molecule has 0 aliphatic heterocycles. The second kappa shape index (κ2) is 6.70. The zero-order chi connectivity index (χ0) is 14.7. The third-order valence-electron chi connectivity index (χ3n) is 2.64. The number of nitrogens with zero attached hydrogens (tertiary/aromatic N) is 2. The van der Waals surface area contributed by atoms with E-state index in [0.717, 1.165) is 18.4 Å². The number of benzene rings is 1. The Kier molecular flexibility index (Phi) is 5.18. The number of nitrogens with one attached hydrogen (secondary N) is 1. The molecule has 0 aliphatic carbocycles. The average Bonchev–Trinajstić information content (AvgIpc) is 2.37. The number of rotatable bonds is 4. The summed E-state index contributed by atoms with van der Waals surface area (Å²) >= 11 is 15.4. The van der Waals surface area contributed by atoms with Crippen molar-refractivity contribution in [1.82, 2.24) is 9.97 Å². The fraction of sp³-hybridized carbons (Fsp3) is 0.231. The van der Waals surface area contributed by atoms with Gasteiger partial charge in [-0.3, -0.25) is 0 Å². The molecule has 1 N–H and O–H groups in total. The largest absolute Gasteiger partial charge is 0.338 e. The van der Waals surface area contributed by atoms with Gasteiger partial charge in [-0.2, -0.15) is 0 Å². The first-order chi connectivity index (χ1) is 9.52. The first kappa shape index (κ1) is 15.5. The van der Waals surface area contributed by atoms with Gasteiger partial charge >= 0.3 is 0 Å². The second-order valence-corrected chi connectivity index (χ2v) is 5.73. The van der Waals surface area contributed by atoms with E-state index >= 15 is 0 Å². The van der Waals surface area contributed by atoms with Gasteiger partial charge < -0.3 is 5.32 Å². The van der Waals surface area contributed by atoms with Crippen molar-refractivity contribution in [1.29, 1.82) is 0 Å². The zero-order valence-electron chi connectivity index (χ0n) is 10.6. The van der Waals surface area contributed by atoms with Crippen LogP contribution in [0.5, 0.6) is 0 Å². The molecule has 0 amide bonds. The van der Waals surface area contributed by atoms with Crippen LogP contribution in [0.25, 0.3) is 0 Å². The number of hydrogen-bond acceptors (Lipinski definition) is 3. The summed E-state index contributed by atoms with van der Waals surface area (Å²) in [5.74, 6) is 0.156. The molecule has 1 aromatic heterocycles. The molecular weight excluding hydrogens is 368 g/mol. The van der Waals surface area contributed by atoms with E-state index in [1.165, 1.54) is 18.5 Å². The molecule has 0 bridgehead atoms. The number of hydrogen-bond donors (Lipinski definition) is 1. The molecule has 0 unspecified atom stereocenters. The highest BCUT2D eigenvalue weighted by atomic mass is 79.9. The van der Waals surface area contributed by atoms with Crippen LogP contribution >= 0.6 is 39.1 Å². The zero-order valence-corrected chi connectivity index (χ0v) is 13.7. The van der Waals surface area contributed by atoms with Gasteiger partial charge in [0, 0.05) is 10.0 Å². The van der Waals surface area contributed by atoms with Gasteiger partial charge in [0.1, 0.15) is 23.1 Å². The molecule has 106 valence electrons. The Hall–Kier alpha value is -0.910. The molecule has 1 aromatic carbocycles. The lowest BCUT2D eigenvalue weighted by molar-refractivity contribution is 0.627.